The van der Waals surface area contributed by atoms with Gasteiger partial charge in [-0.15, -0.1) is 0 Å². The molecule has 0 saturated heterocycles. The second kappa shape index (κ2) is 9.98. The summed E-state index contributed by atoms with van der Waals surface area (Å²) in [7, 11) is 0. The summed E-state index contributed by atoms with van der Waals surface area (Å²) in [4.78, 5) is 22.8. The summed E-state index contributed by atoms with van der Waals surface area (Å²) in [5.74, 6) is -1.07. The summed E-state index contributed by atoms with van der Waals surface area (Å²) in [5.41, 5.74) is 2.25. The molecule has 0 aromatic heterocycles. The van der Waals surface area contributed by atoms with Gasteiger partial charge in [0.25, 0.3) is 5.69 Å². The van der Waals surface area contributed by atoms with Crippen molar-refractivity contribution in [2.45, 2.75) is 13.8 Å². The molecule has 2 N–H and O–H groups in total. The number of nitrogens with zero attached hydrogens (tertiary/aromatic N) is 3. The van der Waals surface area contributed by atoms with Crippen molar-refractivity contribution in [3.05, 3.63) is 92.5 Å². The monoisotopic (exact) mass is 454 g/mol. The second-order valence-electron chi connectivity index (χ2n) is 7.29. The Bertz CT molecular complexity index is 1370. The molecule has 9 heteroatoms. The van der Waals surface area contributed by atoms with E-state index in [0.717, 1.165) is 11.6 Å². The number of carbonyl (C=O) groups is 1. The molecule has 168 valence electrons. The number of hydrogen-bond donors (Lipinski definition) is 2. The van der Waals surface area contributed by atoms with Crippen LogP contribution < -0.4 is 10.1 Å². The van der Waals surface area contributed by atoms with Crippen LogP contribution >= 0.6 is 0 Å². The van der Waals surface area contributed by atoms with E-state index >= 15 is 0 Å². The molecule has 0 aliphatic heterocycles. The van der Waals surface area contributed by atoms with Crippen molar-refractivity contribution in [2.24, 2.45) is 0 Å². The number of anilines is 2. The molecule has 9 nitrogen and oxygen atoms in total. The highest BCUT2D eigenvalue weighted by atomic mass is 16.6. The predicted molar refractivity (Wildman–Crippen MR) is 125 cm³/mol. The fourth-order valence-corrected chi connectivity index (χ4v) is 3.34. The summed E-state index contributed by atoms with van der Waals surface area (Å²) in [6, 6.07) is 15.9. The number of aryl methyl sites for hydroxylation is 2. The van der Waals surface area contributed by atoms with Crippen LogP contribution in [0, 0.1) is 46.6 Å². The quantitative estimate of drug-likeness (QED) is 0.256. The minimum atomic E-state index is -1.38. The molecule has 0 radical (unpaired) electrons. The number of nitrogens with one attached hydrogen (secondary N) is 1. The van der Waals surface area contributed by atoms with Gasteiger partial charge in [-0.1, -0.05) is 0 Å². The highest BCUT2D eigenvalue weighted by Crippen LogP contribution is 2.39. The fourth-order valence-electron chi connectivity index (χ4n) is 3.34. The maximum atomic E-state index is 11.9. The molecule has 0 spiro atoms. The van der Waals surface area contributed by atoms with Crippen molar-refractivity contribution >= 4 is 29.1 Å². The maximum Gasteiger partial charge on any atom is 0.339 e. The standard InChI is InChI=1S/C25H18N4O5/c1-15-10-18(4-3-9-26)11-16(2)24(15)34-23-13-21(22(29(32)33)12-20(23)25(30)31)28-19-7-5-17(14-27)6-8-19/h3-8,10-13,28H,1-2H3,(H,30,31)/b4-3+. The van der Waals surface area contributed by atoms with Crippen LogP contribution in [0.2, 0.25) is 0 Å². The molecule has 3 aromatic carbocycles. The first-order chi connectivity index (χ1) is 16.2. The van der Waals surface area contributed by atoms with E-state index in [2.05, 4.69) is 5.32 Å². The van der Waals surface area contributed by atoms with Gasteiger partial charge in [-0.3, -0.25) is 10.1 Å². The lowest BCUT2D eigenvalue weighted by molar-refractivity contribution is -0.384. The lowest BCUT2D eigenvalue weighted by Crippen LogP contribution is -2.05. The van der Waals surface area contributed by atoms with Gasteiger partial charge in [0.15, 0.2) is 0 Å². The van der Waals surface area contributed by atoms with Gasteiger partial charge in [-0.2, -0.15) is 10.5 Å². The molecule has 0 heterocycles. The molecule has 0 atom stereocenters. The van der Waals surface area contributed by atoms with E-state index < -0.39 is 16.6 Å². The first-order valence-corrected chi connectivity index (χ1v) is 9.91. The number of carboxylic acid groups (broad SMARTS) is 1. The van der Waals surface area contributed by atoms with Gasteiger partial charge in [0.05, 0.1) is 22.6 Å². The molecule has 0 unspecified atom stereocenters. The van der Waals surface area contributed by atoms with Crippen molar-refractivity contribution in [2.75, 3.05) is 5.32 Å². The maximum absolute atomic E-state index is 11.9. The van der Waals surface area contributed by atoms with Crippen molar-refractivity contribution in [1.82, 2.24) is 0 Å². The Morgan fingerprint density at radius 3 is 2.29 bits per heavy atom. The van der Waals surface area contributed by atoms with E-state index in [9.17, 15) is 20.0 Å². The van der Waals surface area contributed by atoms with E-state index in [4.69, 9.17) is 15.3 Å². The number of carboxylic acids is 1. The van der Waals surface area contributed by atoms with Crippen LogP contribution in [0.4, 0.5) is 17.1 Å². The Kier molecular flexibility index (Phi) is 6.90. The Labute approximate surface area is 194 Å². The normalized spacial score (nSPS) is 10.4. The highest BCUT2D eigenvalue weighted by molar-refractivity contribution is 5.94. The van der Waals surface area contributed by atoms with Gasteiger partial charge in [0, 0.05) is 23.9 Å². The van der Waals surface area contributed by atoms with Crippen LogP contribution in [0.25, 0.3) is 6.08 Å². The van der Waals surface area contributed by atoms with Gasteiger partial charge in [-0.25, -0.2) is 4.79 Å². The van der Waals surface area contributed by atoms with Crippen LogP contribution in [-0.4, -0.2) is 16.0 Å². The highest BCUT2D eigenvalue weighted by Gasteiger charge is 2.24. The van der Waals surface area contributed by atoms with Crippen LogP contribution in [0.15, 0.2) is 54.6 Å². The van der Waals surface area contributed by atoms with E-state index in [1.165, 1.54) is 12.1 Å². The predicted octanol–water partition coefficient (Wildman–Crippen LogP) is 5.85. The molecule has 0 saturated carbocycles. The molecule has 3 rings (SSSR count). The SMILES string of the molecule is Cc1cc(/C=C/C#N)cc(C)c1Oc1cc(Nc2ccc(C#N)cc2)c([N+](=O)[O-])cc1C(=O)O. The summed E-state index contributed by atoms with van der Waals surface area (Å²) in [6.45, 7) is 3.54. The number of ether oxygens (including phenoxy) is 1. The smallest absolute Gasteiger partial charge is 0.339 e. The molecule has 34 heavy (non-hydrogen) atoms. The zero-order valence-electron chi connectivity index (χ0n) is 18.2. The second-order valence-corrected chi connectivity index (χ2v) is 7.29. The minimum absolute atomic E-state index is 0.0265. The summed E-state index contributed by atoms with van der Waals surface area (Å²) in [6.07, 6.45) is 2.98. The number of nitro benzene ring substituents is 1. The van der Waals surface area contributed by atoms with Crippen LogP contribution in [0.1, 0.15) is 32.6 Å². The molecule has 0 fully saturated rings. The van der Waals surface area contributed by atoms with Crippen molar-refractivity contribution in [3.8, 4) is 23.6 Å². The third-order valence-corrected chi connectivity index (χ3v) is 4.86. The van der Waals surface area contributed by atoms with E-state index in [1.54, 1.807) is 56.3 Å². The van der Waals surface area contributed by atoms with Crippen molar-refractivity contribution < 1.29 is 19.6 Å². The Morgan fingerprint density at radius 2 is 1.76 bits per heavy atom. The molecular formula is C25H18N4O5. The number of allylic oxidation sites excluding steroid dienone is 1. The van der Waals surface area contributed by atoms with E-state index in [-0.39, 0.29) is 17.0 Å². The Balaban J connectivity index is 2.09. The van der Waals surface area contributed by atoms with Gasteiger partial charge < -0.3 is 15.2 Å². The lowest BCUT2D eigenvalue weighted by atomic mass is 10.0. The van der Waals surface area contributed by atoms with Crippen LogP contribution in [0.5, 0.6) is 11.5 Å². The Hall–Kier alpha value is -5.15. The minimum Gasteiger partial charge on any atom is -0.478 e. The van der Waals surface area contributed by atoms with Gasteiger partial charge in [0.2, 0.25) is 0 Å². The molecule has 0 amide bonds. The summed E-state index contributed by atoms with van der Waals surface area (Å²) in [5, 5.41) is 41.9. The van der Waals surface area contributed by atoms with E-state index in [0.29, 0.717) is 28.1 Å². The first kappa shape index (κ1) is 23.5. The van der Waals surface area contributed by atoms with Gasteiger partial charge in [-0.05, 0) is 73.0 Å². The number of hydrogen-bond acceptors (Lipinski definition) is 7. The number of nitriles is 2. The zero-order chi connectivity index (χ0) is 24.8. The van der Waals surface area contributed by atoms with Crippen LogP contribution in [-0.2, 0) is 0 Å². The fraction of sp³-hybridized carbons (Fsp3) is 0.0800. The number of benzene rings is 3. The molecule has 0 bridgehead atoms. The average Bonchev–Trinajstić information content (AvgIpc) is 2.80. The van der Waals surface area contributed by atoms with Crippen molar-refractivity contribution in [3.63, 3.8) is 0 Å². The largest absolute Gasteiger partial charge is 0.478 e. The third kappa shape index (κ3) is 5.18. The van der Waals surface area contributed by atoms with Gasteiger partial charge in [0.1, 0.15) is 22.7 Å². The molecular weight excluding hydrogens is 436 g/mol. The van der Waals surface area contributed by atoms with Crippen molar-refractivity contribution in [1.29, 1.82) is 10.5 Å². The number of nitro groups is 1. The average molecular weight is 454 g/mol. The first-order valence-electron chi connectivity index (χ1n) is 9.91. The molecule has 0 aliphatic carbocycles. The summed E-state index contributed by atoms with van der Waals surface area (Å²) < 4.78 is 5.97. The molecule has 0 aliphatic rings. The van der Waals surface area contributed by atoms with Gasteiger partial charge >= 0.3 is 5.97 Å². The summed E-state index contributed by atoms with van der Waals surface area (Å²) >= 11 is 0. The zero-order valence-corrected chi connectivity index (χ0v) is 18.2. The van der Waals surface area contributed by atoms with Crippen LogP contribution in [0.3, 0.4) is 0 Å². The molecule has 3 aromatic rings. The lowest BCUT2D eigenvalue weighted by Gasteiger charge is -2.16. The van der Waals surface area contributed by atoms with E-state index in [1.807, 2.05) is 12.1 Å². The number of rotatable bonds is 7. The number of aromatic carboxylic acids is 1. The Morgan fingerprint density at radius 1 is 1.12 bits per heavy atom. The third-order valence-electron chi connectivity index (χ3n) is 4.86. The topological polar surface area (TPSA) is 149 Å².